The molecule has 0 spiro atoms. The second-order valence-electron chi connectivity index (χ2n) is 6.30. The Labute approximate surface area is 158 Å². The first-order valence-corrected chi connectivity index (χ1v) is 9.96. The zero-order chi connectivity index (χ0) is 18.8. The Morgan fingerprint density at radius 1 is 1.42 bits per heavy atom. The molecule has 2 heterocycles. The lowest BCUT2D eigenvalue weighted by Gasteiger charge is -2.18. The fraction of sp³-hybridized carbons (Fsp3) is 0.438. The molecule has 2 aromatic heterocycles. The largest absolute Gasteiger partial charge is 0.365 e. The van der Waals surface area contributed by atoms with E-state index in [9.17, 15) is 14.4 Å². The molecule has 0 radical (unpaired) electrons. The van der Waals surface area contributed by atoms with Gasteiger partial charge < -0.3 is 11.1 Å². The lowest BCUT2D eigenvalue weighted by Crippen LogP contribution is -2.20. The van der Waals surface area contributed by atoms with Gasteiger partial charge in [-0.3, -0.25) is 19.4 Å². The second-order valence-corrected chi connectivity index (χ2v) is 8.37. The van der Waals surface area contributed by atoms with Gasteiger partial charge in [-0.05, 0) is 37.7 Å². The number of hydrogen-bond donors (Lipinski definition) is 3. The van der Waals surface area contributed by atoms with Crippen molar-refractivity contribution in [1.29, 1.82) is 0 Å². The number of anilines is 1. The first-order valence-electron chi connectivity index (χ1n) is 8.15. The van der Waals surface area contributed by atoms with Crippen molar-refractivity contribution >= 4 is 39.9 Å². The number of nitrogens with two attached hydrogens (primary N) is 1. The summed E-state index contributed by atoms with van der Waals surface area (Å²) in [5, 5.41) is 11.1. The minimum Gasteiger partial charge on any atom is -0.365 e. The number of nitrogens with zero attached hydrogens (tertiary/aromatic N) is 2. The van der Waals surface area contributed by atoms with Crippen LogP contribution in [0, 0.1) is 12.8 Å². The number of fused-ring (bicyclic) bond motifs is 1. The molecule has 1 aliphatic rings. The van der Waals surface area contributed by atoms with Crippen LogP contribution in [0.5, 0.6) is 0 Å². The van der Waals surface area contributed by atoms with Crippen LogP contribution in [0.25, 0.3) is 0 Å². The molecular weight excluding hydrogens is 374 g/mol. The number of hydrogen-bond acceptors (Lipinski definition) is 7. The van der Waals surface area contributed by atoms with Crippen molar-refractivity contribution in [2.75, 3.05) is 11.1 Å². The standard InChI is InChI=1S/C16H19N5O3S2/c1-7-3-4-9-10(5-7)26-15(12(9)13(17)23)18-11(22)6-25-16-19-14(24)8(2)20-21-16/h7H,3-6H2,1-2H3,(H2,17,23)(H,18,22)(H,19,21,24)/t7-/m1/s1. The quantitative estimate of drug-likeness (QED) is 0.660. The molecule has 0 bridgehead atoms. The van der Waals surface area contributed by atoms with Gasteiger partial charge in [-0.2, -0.15) is 0 Å². The van der Waals surface area contributed by atoms with Gasteiger partial charge in [0, 0.05) is 4.88 Å². The first kappa shape index (κ1) is 18.6. The number of amides is 2. The highest BCUT2D eigenvalue weighted by Gasteiger charge is 2.27. The van der Waals surface area contributed by atoms with Gasteiger partial charge in [-0.25, -0.2) is 0 Å². The molecule has 10 heteroatoms. The molecular formula is C16H19N5O3S2. The van der Waals surface area contributed by atoms with Gasteiger partial charge in [0.25, 0.3) is 11.5 Å². The van der Waals surface area contributed by atoms with E-state index in [2.05, 4.69) is 27.4 Å². The van der Waals surface area contributed by atoms with Crippen LogP contribution in [0.15, 0.2) is 9.95 Å². The van der Waals surface area contributed by atoms with Crippen molar-refractivity contribution in [3.8, 4) is 0 Å². The number of thioether (sulfide) groups is 1. The van der Waals surface area contributed by atoms with E-state index < -0.39 is 5.91 Å². The Balaban J connectivity index is 1.72. The van der Waals surface area contributed by atoms with E-state index in [4.69, 9.17) is 5.73 Å². The summed E-state index contributed by atoms with van der Waals surface area (Å²) in [4.78, 5) is 39.3. The highest BCUT2D eigenvalue weighted by molar-refractivity contribution is 7.99. The maximum absolute atomic E-state index is 12.3. The summed E-state index contributed by atoms with van der Waals surface area (Å²) in [6, 6.07) is 0. The van der Waals surface area contributed by atoms with E-state index >= 15 is 0 Å². The number of thiophene rings is 1. The summed E-state index contributed by atoms with van der Waals surface area (Å²) in [6.07, 6.45) is 2.70. The van der Waals surface area contributed by atoms with Crippen LogP contribution in [0.2, 0.25) is 0 Å². The highest BCUT2D eigenvalue weighted by Crippen LogP contribution is 2.39. The molecule has 0 saturated carbocycles. The maximum Gasteiger partial charge on any atom is 0.273 e. The summed E-state index contributed by atoms with van der Waals surface area (Å²) in [6.45, 7) is 3.72. The van der Waals surface area contributed by atoms with E-state index in [0.29, 0.717) is 16.5 Å². The molecule has 1 aliphatic carbocycles. The third-order valence-electron chi connectivity index (χ3n) is 4.19. The molecule has 26 heavy (non-hydrogen) atoms. The average Bonchev–Trinajstić information content (AvgIpc) is 2.92. The lowest BCUT2D eigenvalue weighted by atomic mass is 9.88. The zero-order valence-corrected chi connectivity index (χ0v) is 16.1. The van der Waals surface area contributed by atoms with E-state index in [1.54, 1.807) is 6.92 Å². The molecule has 0 saturated heterocycles. The van der Waals surface area contributed by atoms with Crippen molar-refractivity contribution in [1.82, 2.24) is 15.2 Å². The molecule has 4 N–H and O–H groups in total. The summed E-state index contributed by atoms with van der Waals surface area (Å²) < 4.78 is 0. The van der Waals surface area contributed by atoms with Crippen LogP contribution in [0.1, 0.15) is 39.8 Å². The molecule has 2 aromatic rings. The Morgan fingerprint density at radius 3 is 2.88 bits per heavy atom. The van der Waals surface area contributed by atoms with E-state index in [1.807, 2.05) is 0 Å². The number of nitrogens with one attached hydrogen (secondary N) is 2. The Kier molecular flexibility index (Phi) is 5.42. The van der Waals surface area contributed by atoms with Crippen LogP contribution in [-0.4, -0.2) is 32.7 Å². The Hall–Kier alpha value is -2.20. The lowest BCUT2D eigenvalue weighted by molar-refractivity contribution is -0.113. The summed E-state index contributed by atoms with van der Waals surface area (Å²) >= 11 is 2.49. The smallest absolute Gasteiger partial charge is 0.273 e. The van der Waals surface area contributed by atoms with Gasteiger partial charge in [0.15, 0.2) is 5.16 Å². The number of aromatic amines is 1. The molecule has 0 unspecified atom stereocenters. The Bertz CT molecular complexity index is 921. The molecule has 8 nitrogen and oxygen atoms in total. The molecule has 2 amide bonds. The summed E-state index contributed by atoms with van der Waals surface area (Å²) in [5.74, 6) is -0.232. The molecule has 1 atom stereocenters. The van der Waals surface area contributed by atoms with Crippen LogP contribution < -0.4 is 16.6 Å². The topological polar surface area (TPSA) is 131 Å². The van der Waals surface area contributed by atoms with Crippen LogP contribution in [0.4, 0.5) is 5.00 Å². The van der Waals surface area contributed by atoms with Crippen LogP contribution in [0.3, 0.4) is 0 Å². The third kappa shape index (κ3) is 3.96. The van der Waals surface area contributed by atoms with Gasteiger partial charge in [-0.1, -0.05) is 18.7 Å². The number of rotatable bonds is 5. The fourth-order valence-electron chi connectivity index (χ4n) is 2.84. The van der Waals surface area contributed by atoms with Gasteiger partial charge in [0.1, 0.15) is 10.7 Å². The highest BCUT2D eigenvalue weighted by atomic mass is 32.2. The maximum atomic E-state index is 12.3. The molecule has 0 aromatic carbocycles. The third-order valence-corrected chi connectivity index (χ3v) is 6.22. The fourth-order valence-corrected chi connectivity index (χ4v) is 4.88. The molecule has 0 aliphatic heterocycles. The minimum absolute atomic E-state index is 0.0326. The first-order chi connectivity index (χ1) is 12.3. The van der Waals surface area contributed by atoms with Crippen molar-refractivity contribution < 1.29 is 9.59 Å². The van der Waals surface area contributed by atoms with Gasteiger partial charge >= 0.3 is 0 Å². The molecule has 3 rings (SSSR count). The number of aryl methyl sites for hydroxylation is 1. The van der Waals surface area contributed by atoms with Crippen molar-refractivity contribution in [2.45, 2.75) is 38.3 Å². The number of carbonyl (C=O) groups excluding carboxylic acids is 2. The Morgan fingerprint density at radius 2 is 2.19 bits per heavy atom. The van der Waals surface area contributed by atoms with Crippen molar-refractivity contribution in [3.05, 3.63) is 32.1 Å². The van der Waals surface area contributed by atoms with Gasteiger partial charge in [0.05, 0.1) is 11.3 Å². The SMILES string of the molecule is Cc1nnc(SCC(=O)Nc2sc3c(c2C(N)=O)CC[C@@H](C)C3)[nH]c1=O. The molecule has 138 valence electrons. The van der Waals surface area contributed by atoms with Crippen LogP contribution >= 0.6 is 23.1 Å². The molecule has 0 fully saturated rings. The summed E-state index contributed by atoms with van der Waals surface area (Å²) in [5.41, 5.74) is 6.87. The zero-order valence-electron chi connectivity index (χ0n) is 14.4. The number of aromatic nitrogens is 3. The average molecular weight is 393 g/mol. The number of carbonyl (C=O) groups is 2. The summed E-state index contributed by atoms with van der Waals surface area (Å²) in [7, 11) is 0. The predicted octanol–water partition coefficient (Wildman–Crippen LogP) is 1.49. The number of primary amides is 1. The monoisotopic (exact) mass is 393 g/mol. The van der Waals surface area contributed by atoms with Gasteiger partial charge in [0.2, 0.25) is 5.91 Å². The van der Waals surface area contributed by atoms with E-state index in [1.165, 1.54) is 11.3 Å². The van der Waals surface area contributed by atoms with E-state index in [-0.39, 0.29) is 28.1 Å². The van der Waals surface area contributed by atoms with Crippen molar-refractivity contribution in [3.63, 3.8) is 0 Å². The van der Waals surface area contributed by atoms with Crippen LogP contribution in [-0.2, 0) is 17.6 Å². The second kappa shape index (κ2) is 7.58. The van der Waals surface area contributed by atoms with Gasteiger partial charge in [-0.15, -0.1) is 21.5 Å². The van der Waals surface area contributed by atoms with E-state index in [0.717, 1.165) is 41.5 Å². The predicted molar refractivity (Wildman–Crippen MR) is 101 cm³/mol. The van der Waals surface area contributed by atoms with Crippen molar-refractivity contribution in [2.24, 2.45) is 11.7 Å². The normalized spacial score (nSPS) is 16.2. The minimum atomic E-state index is -0.520. The number of H-pyrrole nitrogens is 1.